The smallest absolute Gasteiger partial charge is 0.0541 e. The summed E-state index contributed by atoms with van der Waals surface area (Å²) < 4.78 is 7.23. The Kier molecular flexibility index (Phi) is 9.33. The first-order valence-corrected chi connectivity index (χ1v) is 24.6. The Bertz CT molecular complexity index is 4160. The van der Waals surface area contributed by atoms with E-state index >= 15 is 0 Å². The summed E-state index contributed by atoms with van der Waals surface area (Å²) >= 11 is 0. The molecule has 0 saturated heterocycles. The highest BCUT2D eigenvalue weighted by Gasteiger charge is 2.19. The molecule has 3 aromatic heterocycles. The van der Waals surface area contributed by atoms with Crippen molar-refractivity contribution in [1.82, 2.24) is 13.7 Å². The molecule has 0 aliphatic rings. The first-order valence-electron chi connectivity index (χ1n) is 24.6. The van der Waals surface area contributed by atoms with E-state index in [0.29, 0.717) is 0 Å². The van der Waals surface area contributed by atoms with E-state index in [0.717, 1.165) is 17.1 Å². The molecule has 0 atom stereocenters. The van der Waals surface area contributed by atoms with Crippen molar-refractivity contribution in [2.45, 2.75) is 13.8 Å². The van der Waals surface area contributed by atoms with Crippen molar-refractivity contribution in [3.63, 3.8) is 0 Å². The topological polar surface area (TPSA) is 14.8 Å². The lowest BCUT2D eigenvalue weighted by atomic mass is 9.98. The van der Waals surface area contributed by atoms with E-state index in [2.05, 4.69) is 276 Å². The Morgan fingerprint density at radius 2 is 0.521 bits per heavy atom. The highest BCUT2D eigenvalue weighted by molar-refractivity contribution is 6.14. The van der Waals surface area contributed by atoms with Crippen LogP contribution < -0.4 is 0 Å². The molecule has 3 nitrogen and oxygen atoms in total. The molecule has 0 spiro atoms. The summed E-state index contributed by atoms with van der Waals surface area (Å²) in [7, 11) is 0. The van der Waals surface area contributed by atoms with Crippen molar-refractivity contribution in [3.8, 4) is 61.6 Å². The van der Waals surface area contributed by atoms with E-state index < -0.39 is 0 Å². The summed E-state index contributed by atoms with van der Waals surface area (Å²) in [4.78, 5) is 0. The zero-order valence-electron chi connectivity index (χ0n) is 39.5. The van der Waals surface area contributed by atoms with Crippen LogP contribution in [0.25, 0.3) is 127 Å². The van der Waals surface area contributed by atoms with Gasteiger partial charge >= 0.3 is 0 Å². The quantitative estimate of drug-likeness (QED) is 0.151. The molecule has 0 bridgehead atoms. The van der Waals surface area contributed by atoms with Gasteiger partial charge in [-0.15, -0.1) is 0 Å². The number of nitrogens with zero attached hydrogens (tertiary/aromatic N) is 3. The second-order valence-corrected chi connectivity index (χ2v) is 19.1. The number of rotatable bonds is 7. The monoisotopic (exact) mass is 905 g/mol. The van der Waals surface area contributed by atoms with E-state index in [4.69, 9.17) is 0 Å². The fourth-order valence-corrected chi connectivity index (χ4v) is 11.5. The third-order valence-electron chi connectivity index (χ3n) is 14.7. The molecular formula is C68H47N3. The van der Waals surface area contributed by atoms with Gasteiger partial charge in [-0.25, -0.2) is 0 Å². The van der Waals surface area contributed by atoms with Crippen molar-refractivity contribution in [1.29, 1.82) is 0 Å². The van der Waals surface area contributed by atoms with Crippen molar-refractivity contribution in [2.24, 2.45) is 0 Å². The standard InChI is InChI=1S/C68H47N3/c1-44-36-45(2)38-53(37-44)47-26-24-46(25-27-47)48-14-13-19-56(39-48)71-67-34-30-51(49-28-32-65-59(40-49)57-20-9-11-22-63(57)69(65)54-15-5-3-6-16-54)42-61(67)62-43-52(31-35-68(62)71)50-29-33-66-60(41-50)58-21-10-12-23-64(58)70(66)55-17-7-4-8-18-55/h3-43H,1-2H3. The normalized spacial score (nSPS) is 11.8. The van der Waals surface area contributed by atoms with Gasteiger partial charge in [-0.1, -0.05) is 163 Å². The Balaban J connectivity index is 0.938. The number of hydrogen-bond donors (Lipinski definition) is 0. The SMILES string of the molecule is Cc1cc(C)cc(-c2ccc(-c3cccc(-n4c5ccc(-c6ccc7c(c6)c6ccccc6n7-c6ccccc6)cc5c5cc(-c6ccc7c(c6)c6ccccc6n7-c6ccccc6)ccc54)c3)cc2)c1. The summed E-state index contributed by atoms with van der Waals surface area (Å²) in [6.45, 7) is 4.34. The first kappa shape index (κ1) is 40.8. The van der Waals surface area contributed by atoms with Crippen LogP contribution in [0.5, 0.6) is 0 Å². The predicted octanol–water partition coefficient (Wildman–Crippen LogP) is 18.3. The molecule has 14 rings (SSSR count). The molecule has 0 amide bonds. The molecular weight excluding hydrogens is 859 g/mol. The fourth-order valence-electron chi connectivity index (χ4n) is 11.5. The van der Waals surface area contributed by atoms with E-state index in [1.807, 2.05) is 0 Å². The summed E-state index contributed by atoms with van der Waals surface area (Å²) in [5, 5.41) is 7.43. The molecule has 11 aromatic carbocycles. The average molecular weight is 906 g/mol. The summed E-state index contributed by atoms with van der Waals surface area (Å²) in [6.07, 6.45) is 0. The van der Waals surface area contributed by atoms with Crippen molar-refractivity contribution >= 4 is 65.4 Å². The molecule has 0 aliphatic heterocycles. The summed E-state index contributed by atoms with van der Waals surface area (Å²) in [6, 6.07) is 91.9. The van der Waals surface area contributed by atoms with Gasteiger partial charge in [0.15, 0.2) is 0 Å². The molecule has 71 heavy (non-hydrogen) atoms. The first-order chi connectivity index (χ1) is 35.0. The molecule has 0 saturated carbocycles. The van der Waals surface area contributed by atoms with Crippen LogP contribution in [0.3, 0.4) is 0 Å². The van der Waals surface area contributed by atoms with Crippen LogP contribution in [-0.2, 0) is 0 Å². The van der Waals surface area contributed by atoms with Gasteiger partial charge < -0.3 is 13.7 Å². The molecule has 334 valence electrons. The zero-order valence-corrected chi connectivity index (χ0v) is 39.5. The lowest BCUT2D eigenvalue weighted by Gasteiger charge is -2.12. The highest BCUT2D eigenvalue weighted by Crippen LogP contribution is 2.42. The second kappa shape index (κ2) is 16.2. The lowest BCUT2D eigenvalue weighted by Crippen LogP contribution is -1.94. The van der Waals surface area contributed by atoms with Crippen LogP contribution in [0.1, 0.15) is 11.1 Å². The maximum atomic E-state index is 2.46. The maximum Gasteiger partial charge on any atom is 0.0541 e. The van der Waals surface area contributed by atoms with Crippen LogP contribution in [0.4, 0.5) is 0 Å². The highest BCUT2D eigenvalue weighted by atomic mass is 15.0. The van der Waals surface area contributed by atoms with Crippen LogP contribution in [0.15, 0.2) is 249 Å². The Morgan fingerprint density at radius 3 is 0.972 bits per heavy atom. The minimum Gasteiger partial charge on any atom is -0.309 e. The van der Waals surface area contributed by atoms with Gasteiger partial charge in [0.1, 0.15) is 0 Å². The Morgan fingerprint density at radius 1 is 0.197 bits per heavy atom. The van der Waals surface area contributed by atoms with Gasteiger partial charge in [-0.05, 0) is 155 Å². The zero-order chi connectivity index (χ0) is 47.2. The fraction of sp³-hybridized carbons (Fsp3) is 0.0294. The number of fused-ring (bicyclic) bond motifs is 9. The van der Waals surface area contributed by atoms with Crippen molar-refractivity contribution < 1.29 is 0 Å². The van der Waals surface area contributed by atoms with E-state index in [1.54, 1.807) is 0 Å². The predicted molar refractivity (Wildman–Crippen MR) is 301 cm³/mol. The number of hydrogen-bond acceptors (Lipinski definition) is 0. The minimum absolute atomic E-state index is 1.13. The minimum atomic E-state index is 1.13. The maximum absolute atomic E-state index is 2.46. The van der Waals surface area contributed by atoms with Gasteiger partial charge in [-0.3, -0.25) is 0 Å². The summed E-state index contributed by atoms with van der Waals surface area (Å²) in [5.74, 6) is 0. The van der Waals surface area contributed by atoms with Gasteiger partial charge in [-0.2, -0.15) is 0 Å². The van der Waals surface area contributed by atoms with Crippen molar-refractivity contribution in [2.75, 3.05) is 0 Å². The lowest BCUT2D eigenvalue weighted by molar-refractivity contribution is 1.18. The molecule has 14 aromatic rings. The number of aromatic nitrogens is 3. The average Bonchev–Trinajstić information content (AvgIpc) is 4.06. The molecule has 0 fully saturated rings. The molecule has 3 heterocycles. The molecule has 0 radical (unpaired) electrons. The third-order valence-corrected chi connectivity index (χ3v) is 14.7. The molecule has 0 N–H and O–H groups in total. The van der Waals surface area contributed by atoms with Crippen LogP contribution in [0, 0.1) is 13.8 Å². The molecule has 0 aliphatic carbocycles. The van der Waals surface area contributed by atoms with Crippen LogP contribution in [0.2, 0.25) is 0 Å². The summed E-state index contributed by atoms with van der Waals surface area (Å²) in [5.41, 5.74) is 22.8. The van der Waals surface area contributed by atoms with Gasteiger partial charge in [0.25, 0.3) is 0 Å². The van der Waals surface area contributed by atoms with E-state index in [9.17, 15) is 0 Å². The largest absolute Gasteiger partial charge is 0.309 e. The van der Waals surface area contributed by atoms with E-state index in [-0.39, 0.29) is 0 Å². The van der Waals surface area contributed by atoms with Crippen LogP contribution >= 0.6 is 0 Å². The number of para-hydroxylation sites is 4. The number of aryl methyl sites for hydroxylation is 2. The van der Waals surface area contributed by atoms with Crippen LogP contribution in [-0.4, -0.2) is 13.7 Å². The Labute approximate surface area is 412 Å². The Hall–Kier alpha value is -9.18. The third kappa shape index (κ3) is 6.73. The molecule has 0 unspecified atom stereocenters. The van der Waals surface area contributed by atoms with E-state index in [1.165, 1.54) is 121 Å². The second-order valence-electron chi connectivity index (χ2n) is 19.1. The number of benzene rings is 11. The van der Waals surface area contributed by atoms with Crippen molar-refractivity contribution in [3.05, 3.63) is 260 Å². The molecule has 3 heteroatoms. The van der Waals surface area contributed by atoms with Gasteiger partial charge in [0, 0.05) is 49.4 Å². The van der Waals surface area contributed by atoms with Gasteiger partial charge in [0.2, 0.25) is 0 Å². The van der Waals surface area contributed by atoms with Gasteiger partial charge in [0.05, 0.1) is 33.1 Å².